The molecule has 12 nitrogen and oxygen atoms in total. The van der Waals surface area contributed by atoms with Gasteiger partial charge in [0.05, 0.1) is 23.3 Å². The molecular weight excluding hydrogens is 538 g/mol. The third-order valence-electron chi connectivity index (χ3n) is 6.09. The fourth-order valence-corrected chi connectivity index (χ4v) is 5.75. The summed E-state index contributed by atoms with van der Waals surface area (Å²) in [5.74, 6) is -0.722. The molecule has 0 aromatic heterocycles. The van der Waals surface area contributed by atoms with Crippen molar-refractivity contribution in [1.29, 1.82) is 0 Å². The molecule has 0 bridgehead atoms. The topological polar surface area (TPSA) is 195 Å². The van der Waals surface area contributed by atoms with E-state index in [1.807, 2.05) is 32.0 Å². The summed E-state index contributed by atoms with van der Waals surface area (Å²) in [6.07, 6.45) is -0.805. The first-order valence-electron chi connectivity index (χ1n) is 13.0. The molecule has 0 heterocycles. The minimum absolute atomic E-state index is 0.00779. The van der Waals surface area contributed by atoms with Crippen LogP contribution in [0.3, 0.4) is 0 Å². The van der Waals surface area contributed by atoms with Gasteiger partial charge in [-0.05, 0) is 55.0 Å². The Morgan fingerprint density at radius 3 is 2.25 bits per heavy atom. The first kappa shape index (κ1) is 32.7. The highest BCUT2D eigenvalue weighted by Gasteiger charge is 2.32. The summed E-state index contributed by atoms with van der Waals surface area (Å²) in [6.45, 7) is 3.73. The van der Waals surface area contributed by atoms with Crippen molar-refractivity contribution in [3.8, 4) is 0 Å². The Labute approximate surface area is 234 Å². The lowest BCUT2D eigenvalue weighted by Gasteiger charge is -2.31. The van der Waals surface area contributed by atoms with Crippen LogP contribution in [0.1, 0.15) is 37.8 Å². The normalized spacial score (nSPS) is 14.2. The van der Waals surface area contributed by atoms with E-state index in [1.165, 1.54) is 34.8 Å². The van der Waals surface area contributed by atoms with E-state index >= 15 is 0 Å². The maximum Gasteiger partial charge on any atom is 0.405 e. The summed E-state index contributed by atoms with van der Waals surface area (Å²) in [6, 6.07) is 12.8. The van der Waals surface area contributed by atoms with E-state index in [2.05, 4.69) is 15.8 Å². The van der Waals surface area contributed by atoms with Gasteiger partial charge in [0.2, 0.25) is 15.9 Å². The number of aliphatic hydroxyl groups excluding tert-OH is 1. The smallest absolute Gasteiger partial charge is 0.405 e. The predicted molar refractivity (Wildman–Crippen MR) is 151 cm³/mol. The van der Waals surface area contributed by atoms with Gasteiger partial charge in [-0.1, -0.05) is 61.5 Å². The molecule has 0 aliphatic carbocycles. The molecule has 0 saturated heterocycles. The van der Waals surface area contributed by atoms with Crippen molar-refractivity contribution >= 4 is 28.2 Å². The van der Waals surface area contributed by atoms with Crippen LogP contribution in [0.15, 0.2) is 64.6 Å². The number of hydrogen-bond acceptors (Lipinski definition) is 8. The van der Waals surface area contributed by atoms with Gasteiger partial charge in [-0.2, -0.15) is 4.31 Å². The third-order valence-corrected chi connectivity index (χ3v) is 7.93. The number of hydrogen-bond donors (Lipinski definition) is 6. The van der Waals surface area contributed by atoms with E-state index in [9.17, 15) is 28.2 Å². The van der Waals surface area contributed by atoms with Crippen molar-refractivity contribution in [3.63, 3.8) is 0 Å². The van der Waals surface area contributed by atoms with Gasteiger partial charge in [-0.3, -0.25) is 4.79 Å². The maximum atomic E-state index is 13.6. The van der Waals surface area contributed by atoms with Gasteiger partial charge >= 0.3 is 6.09 Å². The highest BCUT2D eigenvalue weighted by atomic mass is 32.2. The Morgan fingerprint density at radius 2 is 1.70 bits per heavy atom. The number of rotatable bonds is 16. The van der Waals surface area contributed by atoms with Crippen molar-refractivity contribution < 1.29 is 33.4 Å². The fourth-order valence-electron chi connectivity index (χ4n) is 4.13. The highest BCUT2D eigenvalue weighted by Crippen LogP contribution is 2.20. The summed E-state index contributed by atoms with van der Waals surface area (Å²) in [4.78, 5) is 24.4. The van der Waals surface area contributed by atoms with Crippen molar-refractivity contribution in [2.45, 2.75) is 56.2 Å². The summed E-state index contributed by atoms with van der Waals surface area (Å²) in [5, 5.41) is 37.1. The monoisotopic (exact) mass is 577 g/mol. The largest absolute Gasteiger partial charge is 0.465 e. The molecule has 220 valence electrons. The number of carbonyl (C=O) groups excluding carboxylic acids is 1. The van der Waals surface area contributed by atoms with Crippen LogP contribution in [-0.2, 0) is 21.2 Å². The minimum atomic E-state index is -4.05. The average molecular weight is 578 g/mol. The number of nitrogens with two attached hydrogens (primary N) is 1. The Kier molecular flexibility index (Phi) is 13.0. The Hall–Kier alpha value is -3.52. The number of amides is 2. The maximum absolute atomic E-state index is 13.6. The Morgan fingerprint density at radius 1 is 1.05 bits per heavy atom. The lowest BCUT2D eigenvalue weighted by atomic mass is 10.00. The summed E-state index contributed by atoms with van der Waals surface area (Å²) in [7, 11) is -4.05. The quantitative estimate of drug-likeness (QED) is 0.0983. The molecular formula is C27H39N5O7S. The molecule has 0 spiro atoms. The van der Waals surface area contributed by atoms with Gasteiger partial charge in [0, 0.05) is 13.1 Å². The number of carboxylic acid groups (broad SMARTS) is 1. The van der Waals surface area contributed by atoms with Crippen LogP contribution in [0.2, 0.25) is 0 Å². The van der Waals surface area contributed by atoms with Crippen LogP contribution < -0.4 is 16.4 Å². The number of oxime groups is 1. The van der Waals surface area contributed by atoms with Gasteiger partial charge in [-0.15, -0.1) is 0 Å². The number of carbonyl (C=O) groups is 2. The van der Waals surface area contributed by atoms with Crippen LogP contribution in [-0.4, -0.2) is 84.2 Å². The number of nitrogens with one attached hydrogen (secondary N) is 2. The molecule has 0 aliphatic rings. The molecule has 0 saturated carbocycles. The number of aliphatic hydroxyl groups is 1. The zero-order chi connectivity index (χ0) is 29.7. The molecule has 13 heteroatoms. The second kappa shape index (κ2) is 15.9. The van der Waals surface area contributed by atoms with Gasteiger partial charge < -0.3 is 31.8 Å². The SMILES string of the molecule is CC(C)CN(C[C@H](O)[C@H](Cc1ccccc1)NC(=O)[C@H](CCCN)NC(=O)O)S(=O)(=O)c1ccc(C=NO)cc1. The summed E-state index contributed by atoms with van der Waals surface area (Å²) >= 11 is 0. The second-order valence-electron chi connectivity index (χ2n) is 9.83. The molecule has 2 rings (SSSR count). The lowest BCUT2D eigenvalue weighted by molar-refractivity contribution is -0.124. The second-order valence-corrected chi connectivity index (χ2v) is 11.8. The molecule has 0 radical (unpaired) electrons. The Bertz CT molecular complexity index is 1210. The lowest BCUT2D eigenvalue weighted by Crippen LogP contribution is -2.55. The van der Waals surface area contributed by atoms with E-state index in [0.717, 1.165) is 5.56 Å². The highest BCUT2D eigenvalue weighted by molar-refractivity contribution is 7.89. The molecule has 2 amide bonds. The zero-order valence-corrected chi connectivity index (χ0v) is 23.5. The van der Waals surface area contributed by atoms with Crippen LogP contribution >= 0.6 is 0 Å². The fraction of sp³-hybridized carbons (Fsp3) is 0.444. The Balaban J connectivity index is 2.36. The van der Waals surface area contributed by atoms with Gasteiger partial charge in [0.25, 0.3) is 0 Å². The van der Waals surface area contributed by atoms with Gasteiger partial charge in [-0.25, -0.2) is 13.2 Å². The van der Waals surface area contributed by atoms with Crippen molar-refractivity contribution in [2.24, 2.45) is 16.8 Å². The van der Waals surface area contributed by atoms with E-state index in [4.69, 9.17) is 10.9 Å². The van der Waals surface area contributed by atoms with Crippen LogP contribution in [0.5, 0.6) is 0 Å². The molecule has 2 aromatic carbocycles. The predicted octanol–water partition coefficient (Wildman–Crippen LogP) is 1.60. The van der Waals surface area contributed by atoms with Gasteiger partial charge in [0.15, 0.2) is 0 Å². The number of sulfonamides is 1. The molecule has 2 aromatic rings. The van der Waals surface area contributed by atoms with Crippen LogP contribution in [0.25, 0.3) is 0 Å². The van der Waals surface area contributed by atoms with Crippen molar-refractivity contribution in [3.05, 3.63) is 65.7 Å². The van der Waals surface area contributed by atoms with Crippen molar-refractivity contribution in [2.75, 3.05) is 19.6 Å². The number of benzene rings is 2. The molecule has 0 aliphatic heterocycles. The van der Waals surface area contributed by atoms with E-state index in [0.29, 0.717) is 12.0 Å². The molecule has 0 fully saturated rings. The average Bonchev–Trinajstić information content (AvgIpc) is 2.90. The first-order chi connectivity index (χ1) is 19.0. The van der Waals surface area contributed by atoms with E-state index in [-0.39, 0.29) is 43.3 Å². The minimum Gasteiger partial charge on any atom is -0.465 e. The summed E-state index contributed by atoms with van der Waals surface area (Å²) < 4.78 is 28.3. The molecule has 0 unspecified atom stereocenters. The molecule has 3 atom stereocenters. The zero-order valence-electron chi connectivity index (χ0n) is 22.7. The standard InChI is InChI=1S/C27H39N5O7S/c1-19(2)17-32(40(38,39)22-12-10-21(11-13-22)16-29-37)18-25(33)24(15-20-7-4-3-5-8-20)30-26(34)23(9-6-14-28)31-27(35)36/h3-5,7-8,10-13,16,19,23-25,31,33,37H,6,9,14-15,17-18,28H2,1-2H3,(H,30,34)(H,35,36)/t23-,24-,25-/m0/s1. The summed E-state index contributed by atoms with van der Waals surface area (Å²) in [5.41, 5.74) is 6.83. The number of nitrogens with zero attached hydrogens (tertiary/aromatic N) is 2. The van der Waals surface area contributed by atoms with Crippen molar-refractivity contribution in [1.82, 2.24) is 14.9 Å². The molecule has 7 N–H and O–H groups in total. The molecule has 40 heavy (non-hydrogen) atoms. The van der Waals surface area contributed by atoms with Crippen LogP contribution in [0, 0.1) is 5.92 Å². The van der Waals surface area contributed by atoms with Crippen LogP contribution in [0.4, 0.5) is 4.79 Å². The third kappa shape index (κ3) is 10.2. The van der Waals surface area contributed by atoms with E-state index < -0.39 is 40.2 Å². The van der Waals surface area contributed by atoms with Gasteiger partial charge in [0.1, 0.15) is 6.04 Å². The van der Waals surface area contributed by atoms with E-state index in [1.54, 1.807) is 12.1 Å². The first-order valence-corrected chi connectivity index (χ1v) is 14.4.